The SMILES string of the molecule is O=C(Nc1cnccc1N1CCNCC1)c1cccc(C2=CCC(N3CCOCC3)N=C2)n1. The lowest BCUT2D eigenvalue weighted by Crippen LogP contribution is -2.43. The number of aromatic nitrogens is 2. The van der Waals surface area contributed by atoms with E-state index in [0.717, 1.165) is 75.9 Å². The number of carbonyl (C=O) groups is 1. The lowest BCUT2D eigenvalue weighted by molar-refractivity contribution is 0.0189. The van der Waals surface area contributed by atoms with Gasteiger partial charge in [0.1, 0.15) is 11.9 Å². The van der Waals surface area contributed by atoms with Crippen molar-refractivity contribution >= 4 is 29.1 Å². The van der Waals surface area contributed by atoms with Gasteiger partial charge in [-0.25, -0.2) is 4.98 Å². The van der Waals surface area contributed by atoms with Crippen molar-refractivity contribution in [3.63, 3.8) is 0 Å². The van der Waals surface area contributed by atoms with Gasteiger partial charge in [-0.05, 0) is 18.2 Å². The van der Waals surface area contributed by atoms with Gasteiger partial charge in [0, 0.05) is 63.7 Å². The number of morpholine rings is 1. The molecule has 0 saturated carbocycles. The molecule has 2 aromatic rings. The molecule has 5 rings (SSSR count). The topological polar surface area (TPSA) is 95.0 Å². The number of piperazine rings is 1. The molecule has 2 saturated heterocycles. The fraction of sp³-hybridized carbons (Fsp3) is 0.417. The Hall–Kier alpha value is -3.14. The standard InChI is InChI=1S/C24H29N7O2/c32-24(29-21-17-26-7-6-22(21)30-10-8-25-9-11-30)20-3-1-2-19(28-20)18-4-5-23(27-16-18)31-12-14-33-15-13-31/h1-4,6-7,16-17,23,25H,5,8-15H2,(H,29,32). The van der Waals surface area contributed by atoms with Crippen molar-refractivity contribution in [3.05, 3.63) is 54.1 Å². The second-order valence-corrected chi connectivity index (χ2v) is 8.29. The Bertz CT molecular complexity index is 1040. The summed E-state index contributed by atoms with van der Waals surface area (Å²) in [7, 11) is 0. The van der Waals surface area contributed by atoms with Crippen LogP contribution >= 0.6 is 0 Å². The van der Waals surface area contributed by atoms with Crippen molar-refractivity contribution in [2.24, 2.45) is 4.99 Å². The molecule has 1 amide bonds. The van der Waals surface area contributed by atoms with Gasteiger partial charge >= 0.3 is 0 Å². The number of rotatable bonds is 5. The monoisotopic (exact) mass is 447 g/mol. The summed E-state index contributed by atoms with van der Waals surface area (Å²) in [5.74, 6) is -0.249. The second kappa shape index (κ2) is 10.2. The maximum absolute atomic E-state index is 13.0. The predicted molar refractivity (Wildman–Crippen MR) is 129 cm³/mol. The Morgan fingerprint density at radius 1 is 1.12 bits per heavy atom. The number of ether oxygens (including phenoxy) is 1. The molecule has 9 nitrogen and oxygen atoms in total. The van der Waals surface area contributed by atoms with E-state index in [2.05, 4.69) is 36.5 Å². The number of nitrogens with zero attached hydrogens (tertiary/aromatic N) is 5. The minimum absolute atomic E-state index is 0.151. The van der Waals surface area contributed by atoms with Crippen LogP contribution < -0.4 is 15.5 Å². The van der Waals surface area contributed by atoms with E-state index in [1.807, 2.05) is 24.4 Å². The molecular formula is C24H29N7O2. The molecule has 0 bridgehead atoms. The second-order valence-electron chi connectivity index (χ2n) is 8.29. The van der Waals surface area contributed by atoms with Crippen molar-refractivity contribution in [1.82, 2.24) is 20.2 Å². The van der Waals surface area contributed by atoms with Gasteiger partial charge in [0.05, 0.1) is 36.5 Å². The Kier molecular flexibility index (Phi) is 6.71. The van der Waals surface area contributed by atoms with Crippen molar-refractivity contribution < 1.29 is 9.53 Å². The number of hydrogen-bond acceptors (Lipinski definition) is 8. The molecule has 1 atom stereocenters. The maximum Gasteiger partial charge on any atom is 0.274 e. The van der Waals surface area contributed by atoms with E-state index in [9.17, 15) is 4.79 Å². The quantitative estimate of drug-likeness (QED) is 0.720. The third kappa shape index (κ3) is 5.11. The normalized spacial score (nSPS) is 21.5. The van der Waals surface area contributed by atoms with Crippen LogP contribution in [0.25, 0.3) is 5.57 Å². The fourth-order valence-electron chi connectivity index (χ4n) is 4.38. The third-order valence-corrected chi connectivity index (χ3v) is 6.18. The van der Waals surface area contributed by atoms with Gasteiger partial charge in [0.25, 0.3) is 5.91 Å². The van der Waals surface area contributed by atoms with Crippen LogP contribution in [0, 0.1) is 0 Å². The molecule has 2 fully saturated rings. The smallest absolute Gasteiger partial charge is 0.274 e. The zero-order valence-corrected chi connectivity index (χ0v) is 18.6. The van der Waals surface area contributed by atoms with E-state index >= 15 is 0 Å². The van der Waals surface area contributed by atoms with Crippen LogP contribution in [0.2, 0.25) is 0 Å². The first-order chi connectivity index (χ1) is 16.3. The first kappa shape index (κ1) is 21.7. The summed E-state index contributed by atoms with van der Waals surface area (Å²) in [6.07, 6.45) is 8.45. The molecule has 2 N–H and O–H groups in total. The number of aliphatic imine (C=N–C) groups is 1. The van der Waals surface area contributed by atoms with Crippen LogP contribution in [0.1, 0.15) is 22.6 Å². The first-order valence-electron chi connectivity index (χ1n) is 11.5. The molecule has 2 aromatic heterocycles. The van der Waals surface area contributed by atoms with Crippen molar-refractivity contribution in [2.75, 3.05) is 62.7 Å². The molecule has 0 aliphatic carbocycles. The highest BCUT2D eigenvalue weighted by atomic mass is 16.5. The average molecular weight is 448 g/mol. The highest BCUT2D eigenvalue weighted by molar-refractivity contribution is 6.10. The summed E-state index contributed by atoms with van der Waals surface area (Å²) in [4.78, 5) is 31.2. The molecule has 0 aromatic carbocycles. The maximum atomic E-state index is 13.0. The minimum atomic E-state index is -0.249. The Morgan fingerprint density at radius 3 is 2.76 bits per heavy atom. The van der Waals surface area contributed by atoms with Crippen LogP contribution in [-0.2, 0) is 4.74 Å². The van der Waals surface area contributed by atoms with Gasteiger partial charge in [0.2, 0.25) is 0 Å². The van der Waals surface area contributed by atoms with Gasteiger partial charge in [-0.1, -0.05) is 12.1 Å². The van der Waals surface area contributed by atoms with E-state index in [-0.39, 0.29) is 12.1 Å². The van der Waals surface area contributed by atoms with E-state index in [1.54, 1.807) is 18.5 Å². The Balaban J connectivity index is 1.28. The van der Waals surface area contributed by atoms with E-state index < -0.39 is 0 Å². The Labute approximate surface area is 193 Å². The molecule has 1 unspecified atom stereocenters. The van der Waals surface area contributed by atoms with Gasteiger partial charge in [0.15, 0.2) is 0 Å². The molecule has 3 aliphatic heterocycles. The summed E-state index contributed by atoms with van der Waals surface area (Å²) >= 11 is 0. The van der Waals surface area contributed by atoms with Gasteiger partial charge in [-0.15, -0.1) is 0 Å². The number of pyridine rings is 2. The van der Waals surface area contributed by atoms with Crippen LogP contribution in [0.3, 0.4) is 0 Å². The number of amides is 1. The van der Waals surface area contributed by atoms with Crippen molar-refractivity contribution in [1.29, 1.82) is 0 Å². The zero-order valence-electron chi connectivity index (χ0n) is 18.6. The number of nitrogens with one attached hydrogen (secondary N) is 2. The van der Waals surface area contributed by atoms with Gasteiger partial charge < -0.3 is 20.3 Å². The van der Waals surface area contributed by atoms with Crippen LogP contribution in [0.15, 0.2) is 47.7 Å². The number of carbonyl (C=O) groups excluding carboxylic acids is 1. The molecule has 0 spiro atoms. The van der Waals surface area contributed by atoms with Crippen LogP contribution in [0.4, 0.5) is 11.4 Å². The summed E-state index contributed by atoms with van der Waals surface area (Å²) in [5, 5.41) is 6.36. The molecular weight excluding hydrogens is 418 g/mol. The number of anilines is 2. The molecule has 33 heavy (non-hydrogen) atoms. The lowest BCUT2D eigenvalue weighted by atomic mass is 10.1. The van der Waals surface area contributed by atoms with Crippen molar-refractivity contribution in [2.45, 2.75) is 12.6 Å². The summed E-state index contributed by atoms with van der Waals surface area (Å²) in [6.45, 7) is 6.94. The first-order valence-corrected chi connectivity index (χ1v) is 11.5. The van der Waals surface area contributed by atoms with E-state index in [1.165, 1.54) is 0 Å². The highest BCUT2D eigenvalue weighted by Gasteiger charge is 2.22. The van der Waals surface area contributed by atoms with Crippen molar-refractivity contribution in [3.8, 4) is 0 Å². The predicted octanol–water partition coefficient (Wildman–Crippen LogP) is 1.65. The highest BCUT2D eigenvalue weighted by Crippen LogP contribution is 2.26. The fourth-order valence-corrected chi connectivity index (χ4v) is 4.38. The lowest BCUT2D eigenvalue weighted by Gasteiger charge is -2.32. The number of hydrogen-bond donors (Lipinski definition) is 2. The minimum Gasteiger partial charge on any atom is -0.379 e. The summed E-state index contributed by atoms with van der Waals surface area (Å²) < 4.78 is 5.43. The Morgan fingerprint density at radius 2 is 1.97 bits per heavy atom. The van der Waals surface area contributed by atoms with E-state index in [4.69, 9.17) is 9.73 Å². The van der Waals surface area contributed by atoms with Gasteiger partial charge in [-0.2, -0.15) is 0 Å². The van der Waals surface area contributed by atoms with Crippen LogP contribution in [0.5, 0.6) is 0 Å². The van der Waals surface area contributed by atoms with Gasteiger partial charge in [-0.3, -0.25) is 19.7 Å². The molecule has 3 aliphatic rings. The molecule has 0 radical (unpaired) electrons. The zero-order chi connectivity index (χ0) is 22.5. The average Bonchev–Trinajstić information content (AvgIpc) is 2.90. The van der Waals surface area contributed by atoms with Crippen LogP contribution in [-0.4, -0.2) is 85.6 Å². The summed E-state index contributed by atoms with van der Waals surface area (Å²) in [5.41, 5.74) is 3.74. The third-order valence-electron chi connectivity index (χ3n) is 6.18. The number of dihydropyridines is 1. The molecule has 172 valence electrons. The largest absolute Gasteiger partial charge is 0.379 e. The molecule has 5 heterocycles. The van der Waals surface area contributed by atoms with E-state index in [0.29, 0.717) is 11.4 Å². The molecule has 9 heteroatoms. The number of allylic oxidation sites excluding steroid dienone is 1. The summed E-state index contributed by atoms with van der Waals surface area (Å²) in [6, 6.07) is 7.45.